The van der Waals surface area contributed by atoms with Gasteiger partial charge in [-0.3, -0.25) is 0 Å². The highest BCUT2D eigenvalue weighted by Crippen LogP contribution is 2.19. The Morgan fingerprint density at radius 3 is 1.35 bits per heavy atom. The van der Waals surface area contributed by atoms with Crippen molar-refractivity contribution in [3.63, 3.8) is 0 Å². The van der Waals surface area contributed by atoms with E-state index in [1.165, 1.54) is 11.1 Å². The number of benzene rings is 2. The van der Waals surface area contributed by atoms with Crippen molar-refractivity contribution in [3.8, 4) is 0 Å². The molecule has 0 radical (unpaired) electrons. The SMILES string of the molecule is CCC(Cc1ccc(Br)cc1)OC(CC)Cc1ccc(Br)cc1. The molecule has 2 unspecified atom stereocenters. The molecule has 2 aromatic carbocycles. The smallest absolute Gasteiger partial charge is 0.0616 e. The van der Waals surface area contributed by atoms with Crippen LogP contribution in [-0.4, -0.2) is 12.2 Å². The number of hydrogen-bond acceptors (Lipinski definition) is 1. The lowest BCUT2D eigenvalue weighted by molar-refractivity contribution is -0.0147. The van der Waals surface area contributed by atoms with Crippen molar-refractivity contribution in [2.45, 2.75) is 51.7 Å². The Kier molecular flexibility index (Phi) is 7.81. The van der Waals surface area contributed by atoms with Gasteiger partial charge in [-0.15, -0.1) is 0 Å². The van der Waals surface area contributed by atoms with E-state index in [4.69, 9.17) is 4.74 Å². The molecular formula is C20H24Br2O. The van der Waals surface area contributed by atoms with Gasteiger partial charge in [0.05, 0.1) is 12.2 Å². The van der Waals surface area contributed by atoms with Gasteiger partial charge in [0.2, 0.25) is 0 Å². The van der Waals surface area contributed by atoms with Crippen molar-refractivity contribution in [3.05, 3.63) is 68.6 Å². The van der Waals surface area contributed by atoms with Crippen LogP contribution in [0.5, 0.6) is 0 Å². The summed E-state index contributed by atoms with van der Waals surface area (Å²) in [5.41, 5.74) is 2.66. The third-order valence-electron chi connectivity index (χ3n) is 4.05. The Balaban J connectivity index is 1.94. The third-order valence-corrected chi connectivity index (χ3v) is 5.11. The van der Waals surface area contributed by atoms with E-state index < -0.39 is 0 Å². The lowest BCUT2D eigenvalue weighted by Crippen LogP contribution is -2.25. The predicted molar refractivity (Wildman–Crippen MR) is 105 cm³/mol. The van der Waals surface area contributed by atoms with Gasteiger partial charge in [-0.1, -0.05) is 70.0 Å². The van der Waals surface area contributed by atoms with Gasteiger partial charge >= 0.3 is 0 Å². The van der Waals surface area contributed by atoms with E-state index in [9.17, 15) is 0 Å². The molecule has 0 bridgehead atoms. The number of ether oxygens (including phenoxy) is 1. The average molecular weight is 440 g/mol. The summed E-state index contributed by atoms with van der Waals surface area (Å²) in [7, 11) is 0. The Morgan fingerprint density at radius 1 is 0.696 bits per heavy atom. The van der Waals surface area contributed by atoms with Gasteiger partial charge in [0, 0.05) is 8.95 Å². The largest absolute Gasteiger partial charge is 0.374 e. The molecule has 1 nitrogen and oxygen atoms in total. The van der Waals surface area contributed by atoms with E-state index in [-0.39, 0.29) is 12.2 Å². The van der Waals surface area contributed by atoms with Gasteiger partial charge in [0.15, 0.2) is 0 Å². The highest BCUT2D eigenvalue weighted by atomic mass is 79.9. The minimum absolute atomic E-state index is 0.275. The molecule has 0 N–H and O–H groups in total. The van der Waals surface area contributed by atoms with Crippen LogP contribution in [0.25, 0.3) is 0 Å². The molecule has 0 aliphatic carbocycles. The maximum atomic E-state index is 6.39. The van der Waals surface area contributed by atoms with E-state index >= 15 is 0 Å². The Labute approximate surface area is 156 Å². The molecule has 0 aliphatic rings. The van der Waals surface area contributed by atoms with Crippen LogP contribution in [0.1, 0.15) is 37.8 Å². The summed E-state index contributed by atoms with van der Waals surface area (Å²) < 4.78 is 8.64. The van der Waals surface area contributed by atoms with E-state index in [0.717, 1.165) is 34.6 Å². The van der Waals surface area contributed by atoms with Crippen LogP contribution < -0.4 is 0 Å². The molecule has 2 atom stereocenters. The molecule has 0 fully saturated rings. The average Bonchev–Trinajstić information content (AvgIpc) is 2.57. The lowest BCUT2D eigenvalue weighted by Gasteiger charge is -2.24. The summed E-state index contributed by atoms with van der Waals surface area (Å²) in [5, 5.41) is 0. The van der Waals surface area contributed by atoms with Gasteiger partial charge in [-0.2, -0.15) is 0 Å². The fourth-order valence-corrected chi connectivity index (χ4v) is 3.14. The molecule has 0 aromatic heterocycles. The van der Waals surface area contributed by atoms with Crippen LogP contribution in [0.3, 0.4) is 0 Å². The van der Waals surface area contributed by atoms with Crippen LogP contribution in [0.2, 0.25) is 0 Å². The number of hydrogen-bond donors (Lipinski definition) is 0. The van der Waals surface area contributed by atoms with Gasteiger partial charge in [-0.25, -0.2) is 0 Å². The summed E-state index contributed by atoms with van der Waals surface area (Å²) in [5.74, 6) is 0. The van der Waals surface area contributed by atoms with Crippen LogP contribution in [0, 0.1) is 0 Å². The number of halogens is 2. The fraction of sp³-hybridized carbons (Fsp3) is 0.400. The molecule has 0 saturated heterocycles. The van der Waals surface area contributed by atoms with Crippen molar-refractivity contribution in [2.24, 2.45) is 0 Å². The van der Waals surface area contributed by atoms with E-state index in [2.05, 4.69) is 94.2 Å². The summed E-state index contributed by atoms with van der Waals surface area (Å²) >= 11 is 6.98. The minimum Gasteiger partial charge on any atom is -0.374 e. The summed E-state index contributed by atoms with van der Waals surface area (Å²) in [6.07, 6.45) is 4.56. The summed E-state index contributed by atoms with van der Waals surface area (Å²) in [6, 6.07) is 17.1. The first-order valence-electron chi connectivity index (χ1n) is 8.25. The van der Waals surface area contributed by atoms with E-state index in [1.807, 2.05) is 0 Å². The van der Waals surface area contributed by atoms with Gasteiger partial charge in [-0.05, 0) is 61.1 Å². The Hall–Kier alpha value is -0.640. The first kappa shape index (κ1) is 18.7. The monoisotopic (exact) mass is 438 g/mol. The maximum Gasteiger partial charge on any atom is 0.0616 e. The first-order chi connectivity index (χ1) is 11.1. The molecule has 2 rings (SSSR count). The highest BCUT2D eigenvalue weighted by molar-refractivity contribution is 9.10. The minimum atomic E-state index is 0.275. The van der Waals surface area contributed by atoms with Crippen molar-refractivity contribution < 1.29 is 4.74 Å². The standard InChI is InChI=1S/C20H24Br2O/c1-3-19(13-15-5-9-17(21)10-6-15)23-20(4-2)14-16-7-11-18(22)12-8-16/h5-12,19-20H,3-4,13-14H2,1-2H3. The summed E-state index contributed by atoms with van der Waals surface area (Å²) in [6.45, 7) is 4.41. The zero-order chi connectivity index (χ0) is 16.7. The van der Waals surface area contributed by atoms with Crippen molar-refractivity contribution >= 4 is 31.9 Å². The molecule has 2 aromatic rings. The molecule has 124 valence electrons. The zero-order valence-electron chi connectivity index (χ0n) is 13.8. The number of rotatable bonds is 8. The molecule has 0 saturated carbocycles. The predicted octanol–water partition coefficient (Wildman–Crippen LogP) is 6.57. The topological polar surface area (TPSA) is 9.23 Å². The molecular weight excluding hydrogens is 416 g/mol. The van der Waals surface area contributed by atoms with Crippen molar-refractivity contribution in [1.82, 2.24) is 0 Å². The Bertz CT molecular complexity index is 524. The second kappa shape index (κ2) is 9.61. The van der Waals surface area contributed by atoms with E-state index in [1.54, 1.807) is 0 Å². The van der Waals surface area contributed by atoms with Crippen LogP contribution in [-0.2, 0) is 17.6 Å². The van der Waals surface area contributed by atoms with Crippen LogP contribution in [0.4, 0.5) is 0 Å². The molecule has 0 spiro atoms. The fourth-order valence-electron chi connectivity index (χ4n) is 2.62. The third kappa shape index (κ3) is 6.40. The maximum absolute atomic E-state index is 6.39. The highest BCUT2D eigenvalue weighted by Gasteiger charge is 2.15. The zero-order valence-corrected chi connectivity index (χ0v) is 16.9. The molecule has 23 heavy (non-hydrogen) atoms. The summed E-state index contributed by atoms with van der Waals surface area (Å²) in [4.78, 5) is 0. The second-order valence-electron chi connectivity index (χ2n) is 5.86. The normalized spacial score (nSPS) is 13.7. The quantitative estimate of drug-likeness (QED) is 0.451. The molecule has 0 aliphatic heterocycles. The molecule has 0 heterocycles. The lowest BCUT2D eigenvalue weighted by atomic mass is 10.0. The van der Waals surface area contributed by atoms with Crippen LogP contribution in [0.15, 0.2) is 57.5 Å². The second-order valence-corrected chi connectivity index (χ2v) is 7.69. The van der Waals surface area contributed by atoms with Gasteiger partial charge < -0.3 is 4.74 Å². The van der Waals surface area contributed by atoms with Gasteiger partial charge in [0.25, 0.3) is 0 Å². The van der Waals surface area contributed by atoms with Crippen molar-refractivity contribution in [1.29, 1.82) is 0 Å². The van der Waals surface area contributed by atoms with Gasteiger partial charge in [0.1, 0.15) is 0 Å². The molecule has 3 heteroatoms. The first-order valence-corrected chi connectivity index (χ1v) is 9.83. The van der Waals surface area contributed by atoms with Crippen LogP contribution >= 0.6 is 31.9 Å². The molecule has 0 amide bonds. The van der Waals surface area contributed by atoms with E-state index in [0.29, 0.717) is 0 Å². The van der Waals surface area contributed by atoms with Crippen molar-refractivity contribution in [2.75, 3.05) is 0 Å². The Morgan fingerprint density at radius 2 is 1.04 bits per heavy atom.